The number of para-hydroxylation sites is 1. The quantitative estimate of drug-likeness (QED) is 0.503. The fourth-order valence-corrected chi connectivity index (χ4v) is 1.99. The average molecular weight is 251 g/mol. The molecule has 1 aromatic carbocycles. The van der Waals surface area contributed by atoms with Gasteiger partial charge in [-0.3, -0.25) is 0 Å². The van der Waals surface area contributed by atoms with Crippen LogP contribution in [0.15, 0.2) is 24.3 Å². The van der Waals surface area contributed by atoms with E-state index in [9.17, 15) is 5.11 Å². The number of rotatable bonds is 8. The van der Waals surface area contributed by atoms with Crippen LogP contribution >= 0.6 is 0 Å². The smallest absolute Gasteiger partial charge is 0.118 e. The molecule has 0 aromatic heterocycles. The summed E-state index contributed by atoms with van der Waals surface area (Å²) in [5, 5.41) is 9.58. The van der Waals surface area contributed by atoms with Gasteiger partial charge in [-0.25, -0.2) is 0 Å². The summed E-state index contributed by atoms with van der Waals surface area (Å²) in [7, 11) is 0. The van der Waals surface area contributed by atoms with Crippen molar-refractivity contribution in [2.45, 2.75) is 58.3 Å². The maximum Gasteiger partial charge on any atom is 0.118 e. The third-order valence-corrected chi connectivity index (χ3v) is 3.04. The summed E-state index contributed by atoms with van der Waals surface area (Å²) >= 11 is 0. The molecule has 3 heteroatoms. The van der Waals surface area contributed by atoms with E-state index in [1.54, 1.807) is 6.07 Å². The fraction of sp³-hybridized carbons (Fsp3) is 0.600. The molecule has 0 fully saturated rings. The van der Waals surface area contributed by atoms with Crippen LogP contribution < -0.4 is 0 Å². The second kappa shape index (κ2) is 12.1. The minimum atomic E-state index is 0.452. The molecule has 0 heterocycles. The zero-order chi connectivity index (χ0) is 13.6. The summed E-state index contributed by atoms with van der Waals surface area (Å²) in [5.74, 6) is 0.452. The molecule has 0 amide bonds. The van der Waals surface area contributed by atoms with Gasteiger partial charge in [-0.2, -0.15) is 4.91 Å². The summed E-state index contributed by atoms with van der Waals surface area (Å²) < 4.78 is 0. The second-order valence-electron chi connectivity index (χ2n) is 4.50. The number of aryl methyl sites for hydroxylation is 1. The highest BCUT2D eigenvalue weighted by atomic mass is 16.3. The van der Waals surface area contributed by atoms with Crippen molar-refractivity contribution in [1.29, 1.82) is 5.59 Å². The Kier molecular flexibility index (Phi) is 11.2. The first-order chi connectivity index (χ1) is 8.84. The Morgan fingerprint density at radius 2 is 1.50 bits per heavy atom. The van der Waals surface area contributed by atoms with Gasteiger partial charge >= 0.3 is 0 Å². The van der Waals surface area contributed by atoms with E-state index in [0.717, 1.165) is 12.0 Å². The van der Waals surface area contributed by atoms with Gasteiger partial charge in [-0.05, 0) is 24.5 Å². The maximum atomic E-state index is 9.58. The largest absolute Gasteiger partial charge is 0.508 e. The van der Waals surface area contributed by atoms with Gasteiger partial charge in [-0.15, -0.1) is 0 Å². The van der Waals surface area contributed by atoms with Crippen LogP contribution in [0, 0.1) is 10.5 Å². The predicted octanol–water partition coefficient (Wildman–Crippen LogP) is 5.02. The van der Waals surface area contributed by atoms with E-state index in [4.69, 9.17) is 4.91 Å². The van der Waals surface area contributed by atoms with E-state index in [-0.39, 0.29) is 0 Å². The highest BCUT2D eigenvalue weighted by molar-refractivity contribution is 5.31. The van der Waals surface area contributed by atoms with E-state index in [1.165, 1.54) is 44.9 Å². The third-order valence-electron chi connectivity index (χ3n) is 3.04. The monoisotopic (exact) mass is 251 g/mol. The Morgan fingerprint density at radius 3 is 2.11 bits per heavy atom. The molecular formula is C15H25NO2. The van der Waals surface area contributed by atoms with E-state index in [1.807, 2.05) is 18.2 Å². The zero-order valence-electron chi connectivity index (χ0n) is 11.3. The highest BCUT2D eigenvalue weighted by Crippen LogP contribution is 2.18. The Balaban J connectivity index is 0.00000137. The van der Waals surface area contributed by atoms with Crippen LogP contribution in [0.4, 0.5) is 0 Å². The zero-order valence-corrected chi connectivity index (χ0v) is 11.3. The molecule has 2 N–H and O–H groups in total. The molecule has 0 saturated carbocycles. The van der Waals surface area contributed by atoms with Crippen LogP contribution in [-0.4, -0.2) is 5.11 Å². The van der Waals surface area contributed by atoms with Crippen LogP contribution in [0.5, 0.6) is 5.75 Å². The molecule has 0 aliphatic heterocycles. The van der Waals surface area contributed by atoms with Crippen LogP contribution in [0.2, 0.25) is 0 Å². The number of phenolic OH excluding ortho intramolecular Hbond substituents is 1. The Bertz CT molecular complexity index is 302. The number of unbranched alkanes of at least 4 members (excludes halogenated alkanes) is 6. The Labute approximate surface area is 110 Å². The molecule has 0 spiro atoms. The van der Waals surface area contributed by atoms with Crippen molar-refractivity contribution in [2.24, 2.45) is 0 Å². The number of hydrogen-bond donors (Lipinski definition) is 2. The summed E-state index contributed by atoms with van der Waals surface area (Å²) in [5.41, 5.74) is 5.59. The summed E-state index contributed by atoms with van der Waals surface area (Å²) in [4.78, 5) is 7.50. The molecule has 0 aliphatic rings. The number of benzene rings is 1. The number of aromatic hydroxyl groups is 1. The van der Waals surface area contributed by atoms with Gasteiger partial charge in [0.05, 0.1) is 0 Å². The lowest BCUT2D eigenvalue weighted by atomic mass is 10.0. The van der Waals surface area contributed by atoms with E-state index in [0.29, 0.717) is 5.75 Å². The van der Waals surface area contributed by atoms with Crippen LogP contribution in [-0.2, 0) is 6.42 Å². The van der Waals surface area contributed by atoms with Gasteiger partial charge in [0.25, 0.3) is 0 Å². The Hall–Kier alpha value is -1.38. The van der Waals surface area contributed by atoms with E-state index < -0.39 is 0 Å². The van der Waals surface area contributed by atoms with Crippen molar-refractivity contribution in [2.75, 3.05) is 0 Å². The van der Waals surface area contributed by atoms with Crippen molar-refractivity contribution in [3.8, 4) is 5.75 Å². The summed E-state index contributed by atoms with van der Waals surface area (Å²) in [6.45, 7) is 2.25. The van der Waals surface area contributed by atoms with Crippen molar-refractivity contribution in [3.05, 3.63) is 34.7 Å². The lowest BCUT2D eigenvalue weighted by molar-refractivity contribution is 0.466. The molecule has 3 nitrogen and oxygen atoms in total. The van der Waals surface area contributed by atoms with Crippen LogP contribution in [0.25, 0.3) is 0 Å². The van der Waals surface area contributed by atoms with Gasteiger partial charge in [0.2, 0.25) is 0 Å². The number of nitroso groups, excluding NO2 is 1. The first kappa shape index (κ1) is 16.6. The number of nitrogens with one attached hydrogen (secondary N) is 1. The normalized spacial score (nSPS) is 9.61. The van der Waals surface area contributed by atoms with Crippen molar-refractivity contribution < 1.29 is 5.11 Å². The number of phenols is 1. The molecule has 0 aliphatic carbocycles. The Morgan fingerprint density at radius 1 is 0.944 bits per heavy atom. The van der Waals surface area contributed by atoms with Gasteiger partial charge in [-0.1, -0.05) is 69.2 Å². The predicted molar refractivity (Wildman–Crippen MR) is 75.9 cm³/mol. The third kappa shape index (κ3) is 7.82. The second-order valence-corrected chi connectivity index (χ2v) is 4.50. The minimum absolute atomic E-state index is 0.452. The first-order valence-corrected chi connectivity index (χ1v) is 6.82. The molecule has 0 saturated heterocycles. The lowest BCUT2D eigenvalue weighted by Gasteiger charge is -2.04. The number of hydrogen-bond acceptors (Lipinski definition) is 3. The highest BCUT2D eigenvalue weighted by Gasteiger charge is 1.98. The topological polar surface area (TPSA) is 61.1 Å². The maximum absolute atomic E-state index is 9.58. The molecule has 102 valence electrons. The first-order valence-electron chi connectivity index (χ1n) is 6.82. The average Bonchev–Trinajstić information content (AvgIpc) is 2.42. The molecular weight excluding hydrogens is 226 g/mol. The summed E-state index contributed by atoms with van der Waals surface area (Å²) in [6.07, 6.45) is 10.3. The fourth-order valence-electron chi connectivity index (χ4n) is 1.99. The van der Waals surface area contributed by atoms with Crippen molar-refractivity contribution >= 4 is 0 Å². The van der Waals surface area contributed by atoms with Gasteiger partial charge in [0.1, 0.15) is 5.75 Å². The molecule has 18 heavy (non-hydrogen) atoms. The van der Waals surface area contributed by atoms with Gasteiger partial charge in [0, 0.05) is 0 Å². The van der Waals surface area contributed by atoms with Crippen molar-refractivity contribution in [1.82, 2.24) is 0 Å². The van der Waals surface area contributed by atoms with Crippen LogP contribution in [0.1, 0.15) is 57.4 Å². The molecule has 1 aromatic rings. The van der Waals surface area contributed by atoms with E-state index >= 15 is 0 Å². The SMILES string of the molecule is CCCCCCCCCc1ccccc1O.N=O. The van der Waals surface area contributed by atoms with Crippen molar-refractivity contribution in [3.63, 3.8) is 0 Å². The molecule has 0 bridgehead atoms. The molecule has 1 rings (SSSR count). The summed E-state index contributed by atoms with van der Waals surface area (Å²) in [6, 6.07) is 7.67. The molecule has 0 unspecified atom stereocenters. The van der Waals surface area contributed by atoms with Gasteiger partial charge < -0.3 is 5.11 Å². The minimum Gasteiger partial charge on any atom is -0.508 e. The molecule has 0 atom stereocenters. The van der Waals surface area contributed by atoms with Crippen LogP contribution in [0.3, 0.4) is 0 Å². The lowest BCUT2D eigenvalue weighted by Crippen LogP contribution is -1.87. The van der Waals surface area contributed by atoms with Gasteiger partial charge in [0.15, 0.2) is 0 Å². The van der Waals surface area contributed by atoms with E-state index in [2.05, 4.69) is 12.5 Å². The standard InChI is InChI=1S/C15H24O.HNO/c1-2-3-4-5-6-7-8-11-14-12-9-10-13-15(14)16;1-2/h9-10,12-13,16H,2-8,11H2,1H3;1H. The molecule has 0 radical (unpaired) electrons.